The van der Waals surface area contributed by atoms with E-state index >= 15 is 0 Å². The molecule has 2 heterocycles. The average molecular weight is 351 g/mol. The van der Waals surface area contributed by atoms with Crippen molar-refractivity contribution in [2.75, 3.05) is 5.73 Å². The SMILES string of the molecule is Cc1cc2[nH]c(=O)[nH]c2cc1-c1ccc(F)c2c(N)c(C(N)=O)cnc12. The first kappa shape index (κ1) is 15.8. The number of nitrogens with one attached hydrogen (secondary N) is 2. The predicted octanol–water partition coefficient (Wildman–Crippen LogP) is 2.20. The average Bonchev–Trinajstić information content (AvgIpc) is 2.93. The van der Waals surface area contributed by atoms with Gasteiger partial charge in [0.1, 0.15) is 5.82 Å². The number of rotatable bonds is 2. The van der Waals surface area contributed by atoms with Gasteiger partial charge in [0, 0.05) is 11.8 Å². The highest BCUT2D eigenvalue weighted by Crippen LogP contribution is 2.35. The van der Waals surface area contributed by atoms with Crippen molar-refractivity contribution < 1.29 is 9.18 Å². The molecule has 26 heavy (non-hydrogen) atoms. The Morgan fingerprint density at radius 1 is 1.15 bits per heavy atom. The van der Waals surface area contributed by atoms with Gasteiger partial charge in [-0.25, -0.2) is 9.18 Å². The topological polar surface area (TPSA) is 131 Å². The number of benzene rings is 2. The third-order valence-corrected chi connectivity index (χ3v) is 4.43. The number of aryl methyl sites for hydroxylation is 1. The minimum atomic E-state index is -0.774. The number of halogens is 1. The number of nitrogens with two attached hydrogens (primary N) is 2. The third kappa shape index (κ3) is 2.23. The van der Waals surface area contributed by atoms with E-state index in [9.17, 15) is 14.0 Å². The lowest BCUT2D eigenvalue weighted by molar-refractivity contribution is 0.100. The van der Waals surface area contributed by atoms with E-state index in [-0.39, 0.29) is 22.3 Å². The van der Waals surface area contributed by atoms with Crippen LogP contribution in [0.4, 0.5) is 10.1 Å². The molecule has 4 aromatic rings. The standard InChI is InChI=1S/C18H14FN5O2/c1-7-4-12-13(24-18(26)23-12)5-9(7)8-2-3-11(19)14-15(20)10(17(21)25)6-22-16(8)14/h2-6H,1H3,(H2,20,22)(H2,21,25)(H2,23,24,26). The molecule has 2 aromatic carbocycles. The number of carbonyl (C=O) groups excluding carboxylic acids is 1. The van der Waals surface area contributed by atoms with Crippen molar-refractivity contribution >= 4 is 33.5 Å². The Morgan fingerprint density at radius 2 is 1.85 bits per heavy atom. The molecule has 0 aliphatic heterocycles. The second-order valence-electron chi connectivity index (χ2n) is 6.06. The van der Waals surface area contributed by atoms with Gasteiger partial charge < -0.3 is 21.4 Å². The van der Waals surface area contributed by atoms with Crippen molar-refractivity contribution in [1.29, 1.82) is 0 Å². The summed E-state index contributed by atoms with van der Waals surface area (Å²) in [7, 11) is 0. The lowest BCUT2D eigenvalue weighted by atomic mass is 9.96. The van der Waals surface area contributed by atoms with Gasteiger partial charge in [0.05, 0.1) is 33.2 Å². The summed E-state index contributed by atoms with van der Waals surface area (Å²) in [5.74, 6) is -1.37. The normalized spacial score (nSPS) is 11.3. The quantitative estimate of drug-likeness (QED) is 0.441. The summed E-state index contributed by atoms with van der Waals surface area (Å²) >= 11 is 0. The zero-order valence-corrected chi connectivity index (χ0v) is 13.7. The van der Waals surface area contributed by atoms with Crippen LogP contribution in [-0.4, -0.2) is 20.9 Å². The molecular weight excluding hydrogens is 337 g/mol. The van der Waals surface area contributed by atoms with E-state index < -0.39 is 11.7 Å². The molecule has 0 saturated heterocycles. The fourth-order valence-corrected chi connectivity index (χ4v) is 3.18. The van der Waals surface area contributed by atoms with Crippen LogP contribution in [0.3, 0.4) is 0 Å². The van der Waals surface area contributed by atoms with E-state index in [4.69, 9.17) is 11.5 Å². The highest BCUT2D eigenvalue weighted by Gasteiger charge is 2.18. The number of imidazole rings is 1. The summed E-state index contributed by atoms with van der Waals surface area (Å²) in [6, 6.07) is 6.46. The largest absolute Gasteiger partial charge is 0.397 e. The summed E-state index contributed by atoms with van der Waals surface area (Å²) in [6.45, 7) is 1.87. The zero-order valence-electron chi connectivity index (χ0n) is 13.7. The highest BCUT2D eigenvalue weighted by atomic mass is 19.1. The molecule has 1 amide bonds. The summed E-state index contributed by atoms with van der Waals surface area (Å²) < 4.78 is 14.4. The number of aromatic amines is 2. The van der Waals surface area contributed by atoms with Crippen molar-refractivity contribution in [1.82, 2.24) is 15.0 Å². The number of amides is 1. The Kier molecular flexibility index (Phi) is 3.30. The zero-order chi connectivity index (χ0) is 18.6. The monoisotopic (exact) mass is 351 g/mol. The number of hydrogen-bond acceptors (Lipinski definition) is 4. The van der Waals surface area contributed by atoms with Crippen LogP contribution in [0, 0.1) is 12.7 Å². The Labute approximate surface area is 145 Å². The van der Waals surface area contributed by atoms with E-state index in [1.165, 1.54) is 12.3 Å². The molecule has 130 valence electrons. The summed E-state index contributed by atoms with van der Waals surface area (Å²) in [5, 5.41) is 0.0425. The Bertz CT molecular complexity index is 1270. The van der Waals surface area contributed by atoms with Crippen molar-refractivity contribution in [3.05, 3.63) is 57.9 Å². The van der Waals surface area contributed by atoms with Crippen molar-refractivity contribution in [2.45, 2.75) is 6.92 Å². The molecule has 0 unspecified atom stereocenters. The van der Waals surface area contributed by atoms with E-state index in [1.807, 2.05) is 13.0 Å². The minimum Gasteiger partial charge on any atom is -0.397 e. The fourth-order valence-electron chi connectivity index (χ4n) is 3.18. The molecule has 7 nitrogen and oxygen atoms in total. The third-order valence-electron chi connectivity index (χ3n) is 4.43. The smallest absolute Gasteiger partial charge is 0.323 e. The number of H-pyrrole nitrogens is 2. The number of hydrogen-bond donors (Lipinski definition) is 4. The Hall–Kier alpha value is -3.68. The van der Waals surface area contributed by atoms with Gasteiger partial charge in [0.2, 0.25) is 0 Å². The van der Waals surface area contributed by atoms with Gasteiger partial charge in [0.25, 0.3) is 5.91 Å². The van der Waals surface area contributed by atoms with E-state index in [1.54, 1.807) is 12.1 Å². The number of nitrogen functional groups attached to an aromatic ring is 1. The van der Waals surface area contributed by atoms with Crippen molar-refractivity contribution in [3.63, 3.8) is 0 Å². The molecule has 0 aliphatic carbocycles. The van der Waals surface area contributed by atoms with Crippen LogP contribution in [0.15, 0.2) is 35.3 Å². The molecule has 6 N–H and O–H groups in total. The van der Waals surface area contributed by atoms with Crippen molar-refractivity contribution in [3.8, 4) is 11.1 Å². The number of aromatic nitrogens is 3. The highest BCUT2D eigenvalue weighted by molar-refractivity contribution is 6.09. The van der Waals surface area contributed by atoms with Gasteiger partial charge in [-0.1, -0.05) is 0 Å². The first-order chi connectivity index (χ1) is 12.4. The van der Waals surface area contributed by atoms with Gasteiger partial charge in [-0.3, -0.25) is 9.78 Å². The van der Waals surface area contributed by atoms with E-state index in [2.05, 4.69) is 15.0 Å². The van der Waals surface area contributed by atoms with Gasteiger partial charge in [-0.05, 0) is 42.3 Å². The van der Waals surface area contributed by atoms with Gasteiger partial charge in [-0.2, -0.15) is 0 Å². The summed E-state index contributed by atoms with van der Waals surface area (Å²) in [5.41, 5.74) is 14.7. The molecule has 0 fully saturated rings. The molecule has 0 spiro atoms. The van der Waals surface area contributed by atoms with Gasteiger partial charge in [-0.15, -0.1) is 0 Å². The van der Waals surface area contributed by atoms with E-state index in [0.717, 1.165) is 11.1 Å². The number of fused-ring (bicyclic) bond motifs is 2. The molecule has 8 heteroatoms. The molecule has 4 rings (SSSR count). The van der Waals surface area contributed by atoms with Crippen molar-refractivity contribution in [2.24, 2.45) is 5.73 Å². The number of primary amides is 1. The number of nitrogens with zero attached hydrogens (tertiary/aromatic N) is 1. The van der Waals surface area contributed by atoms with Crippen LogP contribution in [0.25, 0.3) is 33.1 Å². The van der Waals surface area contributed by atoms with E-state index in [0.29, 0.717) is 22.1 Å². The van der Waals surface area contributed by atoms with Crippen LogP contribution in [-0.2, 0) is 0 Å². The lowest BCUT2D eigenvalue weighted by Gasteiger charge is -2.13. The molecule has 0 aliphatic rings. The molecular formula is C18H14FN5O2. The van der Waals surface area contributed by atoms with Crippen LogP contribution in [0.5, 0.6) is 0 Å². The minimum absolute atomic E-state index is 0.0318. The second-order valence-corrected chi connectivity index (χ2v) is 6.06. The molecule has 0 bridgehead atoms. The lowest BCUT2D eigenvalue weighted by Crippen LogP contribution is -2.14. The van der Waals surface area contributed by atoms with Crippen LogP contribution >= 0.6 is 0 Å². The summed E-state index contributed by atoms with van der Waals surface area (Å²) in [4.78, 5) is 32.6. The van der Waals surface area contributed by atoms with Crippen LogP contribution in [0.2, 0.25) is 0 Å². The molecule has 0 saturated carbocycles. The second kappa shape index (κ2) is 5.41. The first-order valence-electron chi connectivity index (χ1n) is 7.76. The van der Waals surface area contributed by atoms with Gasteiger partial charge >= 0.3 is 5.69 Å². The number of anilines is 1. The molecule has 2 aromatic heterocycles. The van der Waals surface area contributed by atoms with Crippen LogP contribution < -0.4 is 17.2 Å². The van der Waals surface area contributed by atoms with Gasteiger partial charge in [0.15, 0.2) is 0 Å². The fraction of sp³-hybridized carbons (Fsp3) is 0.0556. The Morgan fingerprint density at radius 3 is 2.54 bits per heavy atom. The maximum atomic E-state index is 14.4. The molecule has 0 radical (unpaired) electrons. The molecule has 0 atom stereocenters. The number of carbonyl (C=O) groups is 1. The maximum Gasteiger partial charge on any atom is 0.323 e. The summed E-state index contributed by atoms with van der Waals surface area (Å²) in [6.07, 6.45) is 1.25. The van der Waals surface area contributed by atoms with Crippen LogP contribution in [0.1, 0.15) is 15.9 Å². The number of pyridine rings is 1. The predicted molar refractivity (Wildman–Crippen MR) is 97.3 cm³/mol. The maximum absolute atomic E-state index is 14.4. The first-order valence-corrected chi connectivity index (χ1v) is 7.76. The Balaban J connectivity index is 2.08.